The van der Waals surface area contributed by atoms with Crippen molar-refractivity contribution in [3.8, 4) is 0 Å². The molecule has 0 saturated carbocycles. The first-order chi connectivity index (χ1) is 41.3. The Morgan fingerprint density at radius 1 is 0.337 bits per heavy atom. The van der Waals surface area contributed by atoms with Crippen LogP contribution in [0, 0.1) is 17.8 Å². The zero-order valence-corrected chi connectivity index (χ0v) is 57.6. The number of hydrogen-bond donors (Lipinski definition) is 3. The largest absolute Gasteiger partial charge is 0.472 e. The van der Waals surface area contributed by atoms with Gasteiger partial charge in [-0.1, -0.05) is 280 Å². The average Bonchev–Trinajstić information content (AvgIpc) is 3.69. The van der Waals surface area contributed by atoms with Crippen molar-refractivity contribution < 1.29 is 80.2 Å². The van der Waals surface area contributed by atoms with Crippen LogP contribution in [0.4, 0.5) is 0 Å². The molecule has 0 heterocycles. The molecule has 3 unspecified atom stereocenters. The molecule has 510 valence electrons. The fourth-order valence-corrected chi connectivity index (χ4v) is 11.6. The number of carbonyl (C=O) groups excluding carboxylic acids is 4. The predicted octanol–water partition coefficient (Wildman–Crippen LogP) is 18.7. The second kappa shape index (κ2) is 58.2. The molecule has 0 rings (SSSR count). The molecule has 0 radical (unpaired) electrons. The molecular formula is C67H130O17P2. The SMILES string of the molecule is CCCCCCCCCCCCCC(=O)O[C@H](COC(=O)CCCCCCCCCC(C)C)COP(=O)(O)OC[C@H](O)COP(=O)(O)OC[C@@H](COC(=O)CCCCCCCCCCC(C)CC)OC(=O)CCCCCCCCCCCCC(C)C. The Morgan fingerprint density at radius 2 is 0.593 bits per heavy atom. The summed E-state index contributed by atoms with van der Waals surface area (Å²) >= 11 is 0. The number of esters is 4. The molecule has 3 N–H and O–H groups in total. The zero-order valence-electron chi connectivity index (χ0n) is 55.8. The highest BCUT2D eigenvalue weighted by Gasteiger charge is 2.30. The number of aliphatic hydroxyl groups is 1. The lowest BCUT2D eigenvalue weighted by atomic mass is 9.99. The van der Waals surface area contributed by atoms with E-state index in [1.165, 1.54) is 135 Å². The van der Waals surface area contributed by atoms with E-state index in [0.29, 0.717) is 31.6 Å². The van der Waals surface area contributed by atoms with E-state index in [1.54, 1.807) is 0 Å². The highest BCUT2D eigenvalue weighted by atomic mass is 31.2. The number of unbranched alkanes of at least 4 members (excludes halogenated alkanes) is 32. The summed E-state index contributed by atoms with van der Waals surface area (Å²) in [6.45, 7) is 11.8. The van der Waals surface area contributed by atoms with E-state index >= 15 is 0 Å². The van der Waals surface area contributed by atoms with Gasteiger partial charge in [0.05, 0.1) is 26.4 Å². The van der Waals surface area contributed by atoms with Gasteiger partial charge >= 0.3 is 39.5 Å². The Kier molecular flexibility index (Phi) is 56.9. The number of ether oxygens (including phenoxy) is 4. The summed E-state index contributed by atoms with van der Waals surface area (Å²) in [5.74, 6) is 0.104. The summed E-state index contributed by atoms with van der Waals surface area (Å²) in [5.41, 5.74) is 0. The Morgan fingerprint density at radius 3 is 0.884 bits per heavy atom. The van der Waals surface area contributed by atoms with Crippen molar-refractivity contribution in [1.29, 1.82) is 0 Å². The number of carbonyl (C=O) groups is 4. The third-order valence-electron chi connectivity index (χ3n) is 15.7. The van der Waals surface area contributed by atoms with E-state index in [-0.39, 0.29) is 25.7 Å². The van der Waals surface area contributed by atoms with E-state index in [2.05, 4.69) is 48.5 Å². The molecule has 0 aliphatic rings. The Labute approximate surface area is 524 Å². The van der Waals surface area contributed by atoms with Gasteiger partial charge in [-0.25, -0.2) is 9.13 Å². The maximum atomic E-state index is 13.0. The lowest BCUT2D eigenvalue weighted by Crippen LogP contribution is -2.30. The van der Waals surface area contributed by atoms with Crippen LogP contribution in [0.1, 0.15) is 331 Å². The topological polar surface area (TPSA) is 237 Å². The fourth-order valence-electron chi connectivity index (χ4n) is 9.98. The summed E-state index contributed by atoms with van der Waals surface area (Å²) < 4.78 is 68.1. The molecule has 0 aromatic carbocycles. The van der Waals surface area contributed by atoms with Crippen LogP contribution in [0.3, 0.4) is 0 Å². The smallest absolute Gasteiger partial charge is 0.462 e. The minimum atomic E-state index is -4.95. The fraction of sp³-hybridized carbons (Fsp3) is 0.940. The minimum absolute atomic E-state index is 0.105. The second-order valence-corrected chi connectivity index (χ2v) is 28.3. The van der Waals surface area contributed by atoms with Crippen LogP contribution in [-0.2, 0) is 65.4 Å². The van der Waals surface area contributed by atoms with Gasteiger partial charge in [-0.05, 0) is 43.4 Å². The van der Waals surface area contributed by atoms with E-state index in [4.69, 9.17) is 37.0 Å². The first-order valence-corrected chi connectivity index (χ1v) is 37.9. The number of phosphoric acid groups is 2. The number of rotatable bonds is 65. The van der Waals surface area contributed by atoms with Crippen LogP contribution in [0.25, 0.3) is 0 Å². The van der Waals surface area contributed by atoms with Gasteiger partial charge in [-0.15, -0.1) is 0 Å². The van der Waals surface area contributed by atoms with Crippen molar-refractivity contribution in [1.82, 2.24) is 0 Å². The molecule has 0 aliphatic heterocycles. The molecular weight excluding hydrogens is 1140 g/mol. The molecule has 0 aromatic heterocycles. The highest BCUT2D eigenvalue weighted by Crippen LogP contribution is 2.45. The third kappa shape index (κ3) is 59.7. The maximum Gasteiger partial charge on any atom is 0.472 e. The van der Waals surface area contributed by atoms with Crippen molar-refractivity contribution >= 4 is 39.5 Å². The number of aliphatic hydroxyl groups excluding tert-OH is 1. The summed E-state index contributed by atoms with van der Waals surface area (Å²) in [6.07, 6.45) is 40.2. The Hall–Kier alpha value is -1.94. The Bertz CT molecular complexity index is 1700. The molecule has 86 heavy (non-hydrogen) atoms. The molecule has 0 amide bonds. The molecule has 0 aliphatic carbocycles. The van der Waals surface area contributed by atoms with Gasteiger partial charge in [-0.2, -0.15) is 0 Å². The first kappa shape index (κ1) is 84.1. The van der Waals surface area contributed by atoms with Gasteiger partial charge in [0.2, 0.25) is 0 Å². The normalized spacial score (nSPS) is 14.6. The molecule has 19 heteroatoms. The predicted molar refractivity (Wildman–Crippen MR) is 344 cm³/mol. The highest BCUT2D eigenvalue weighted by molar-refractivity contribution is 7.47. The van der Waals surface area contributed by atoms with Crippen LogP contribution in [0.15, 0.2) is 0 Å². The zero-order chi connectivity index (χ0) is 63.8. The molecule has 0 aromatic rings. The Balaban J connectivity index is 5.26. The lowest BCUT2D eigenvalue weighted by Gasteiger charge is -2.21. The van der Waals surface area contributed by atoms with E-state index < -0.39 is 97.5 Å². The van der Waals surface area contributed by atoms with Gasteiger partial charge in [0, 0.05) is 25.7 Å². The van der Waals surface area contributed by atoms with Crippen molar-refractivity contribution in [3.63, 3.8) is 0 Å². The minimum Gasteiger partial charge on any atom is -0.462 e. The van der Waals surface area contributed by atoms with E-state index in [0.717, 1.165) is 108 Å². The third-order valence-corrected chi connectivity index (χ3v) is 17.6. The van der Waals surface area contributed by atoms with E-state index in [9.17, 15) is 43.2 Å². The maximum absolute atomic E-state index is 13.0. The van der Waals surface area contributed by atoms with Crippen molar-refractivity contribution in [3.05, 3.63) is 0 Å². The molecule has 0 spiro atoms. The number of hydrogen-bond acceptors (Lipinski definition) is 15. The van der Waals surface area contributed by atoms with Gasteiger partial charge in [0.25, 0.3) is 0 Å². The van der Waals surface area contributed by atoms with Crippen molar-refractivity contribution in [2.75, 3.05) is 39.6 Å². The van der Waals surface area contributed by atoms with Gasteiger partial charge in [0.15, 0.2) is 12.2 Å². The van der Waals surface area contributed by atoms with E-state index in [1.807, 2.05) is 0 Å². The van der Waals surface area contributed by atoms with Crippen molar-refractivity contribution in [2.45, 2.75) is 349 Å². The van der Waals surface area contributed by atoms with Crippen LogP contribution in [-0.4, -0.2) is 96.7 Å². The lowest BCUT2D eigenvalue weighted by molar-refractivity contribution is -0.161. The van der Waals surface area contributed by atoms with Crippen LogP contribution < -0.4 is 0 Å². The van der Waals surface area contributed by atoms with Gasteiger partial charge in [-0.3, -0.25) is 37.3 Å². The molecule has 0 bridgehead atoms. The monoisotopic (exact) mass is 1270 g/mol. The number of phosphoric ester groups is 2. The van der Waals surface area contributed by atoms with Crippen LogP contribution in [0.2, 0.25) is 0 Å². The quantitative estimate of drug-likeness (QED) is 0.0222. The average molecular weight is 1270 g/mol. The van der Waals surface area contributed by atoms with Gasteiger partial charge < -0.3 is 33.8 Å². The van der Waals surface area contributed by atoms with Gasteiger partial charge in [0.1, 0.15) is 19.3 Å². The van der Waals surface area contributed by atoms with Crippen molar-refractivity contribution in [2.24, 2.45) is 17.8 Å². The molecule has 0 saturated heterocycles. The standard InChI is InChI=1S/C67H130O17P2/c1-8-10-11-12-13-14-15-19-28-36-43-50-66(71)84-63(55-78-65(70)49-42-35-30-23-25-32-39-46-59(5)6)57-82-86(75,76)80-53-61(68)52-79-85(73,74)81-56-62(54-77-64(69)48-41-34-27-22-21-26-33-40-47-60(7)9-2)83-67(72)51-44-37-29-20-17-16-18-24-31-38-45-58(3)4/h58-63,68H,8-57H2,1-7H3,(H,73,74)(H,75,76)/t60?,61-,62-,63-/m1/s1. The first-order valence-electron chi connectivity index (χ1n) is 34.9. The summed E-state index contributed by atoms with van der Waals surface area (Å²) in [5, 5.41) is 10.6. The molecule has 17 nitrogen and oxygen atoms in total. The summed E-state index contributed by atoms with van der Waals surface area (Å²) in [4.78, 5) is 72.4. The second-order valence-electron chi connectivity index (χ2n) is 25.4. The molecule has 0 fully saturated rings. The van der Waals surface area contributed by atoms with Crippen LogP contribution in [0.5, 0.6) is 0 Å². The summed E-state index contributed by atoms with van der Waals surface area (Å²) in [6, 6.07) is 0. The van der Waals surface area contributed by atoms with Crippen LogP contribution >= 0.6 is 15.6 Å². The molecule has 6 atom stereocenters. The summed E-state index contributed by atoms with van der Waals surface area (Å²) in [7, 11) is -9.89.